The molecule has 0 bridgehead atoms. The average molecular weight is 255 g/mol. The minimum atomic E-state index is 0.757. The van der Waals surface area contributed by atoms with Crippen LogP contribution in [0.1, 0.15) is 18.5 Å². The highest BCUT2D eigenvalue weighted by atomic mass is 15.3. The molecule has 1 aromatic heterocycles. The fourth-order valence-electron chi connectivity index (χ4n) is 2.84. The summed E-state index contributed by atoms with van der Waals surface area (Å²) in [6.07, 6.45) is 3.76. The van der Waals surface area contributed by atoms with E-state index in [4.69, 9.17) is 0 Å². The number of hydrogen-bond donors (Lipinski definition) is 1. The molecule has 0 amide bonds. The Hall–Kier alpha value is -1.61. The van der Waals surface area contributed by atoms with E-state index in [1.165, 1.54) is 30.6 Å². The van der Waals surface area contributed by atoms with Crippen LogP contribution in [0.5, 0.6) is 0 Å². The van der Waals surface area contributed by atoms with Crippen LogP contribution in [0.3, 0.4) is 0 Å². The summed E-state index contributed by atoms with van der Waals surface area (Å²) in [7, 11) is 2.05. The van der Waals surface area contributed by atoms with Gasteiger partial charge >= 0.3 is 0 Å². The van der Waals surface area contributed by atoms with Crippen LogP contribution in [-0.2, 0) is 13.5 Å². The Kier molecular flexibility index (Phi) is 3.65. The first-order valence-corrected chi connectivity index (χ1v) is 7.12. The van der Waals surface area contributed by atoms with Gasteiger partial charge in [0.25, 0.3) is 0 Å². The maximum atomic E-state index is 4.64. The highest BCUT2D eigenvalue weighted by Crippen LogP contribution is 2.22. The van der Waals surface area contributed by atoms with Gasteiger partial charge in [0.15, 0.2) is 0 Å². The van der Waals surface area contributed by atoms with E-state index in [1.807, 2.05) is 10.7 Å². The molecule has 1 atom stereocenters. The maximum Gasteiger partial charge on any atom is 0.0925 e. The van der Waals surface area contributed by atoms with Gasteiger partial charge in [-0.05, 0) is 44.3 Å². The summed E-state index contributed by atoms with van der Waals surface area (Å²) in [5.41, 5.74) is 3.63. The molecule has 1 aromatic carbocycles. The molecule has 3 rings (SSSR count). The molecule has 0 radical (unpaired) electrons. The lowest BCUT2D eigenvalue weighted by Crippen LogP contribution is -2.31. The molecule has 3 heteroatoms. The molecule has 1 N–H and O–H groups in total. The van der Waals surface area contributed by atoms with Crippen molar-refractivity contribution in [3.63, 3.8) is 0 Å². The van der Waals surface area contributed by atoms with Crippen molar-refractivity contribution in [1.29, 1.82) is 0 Å². The lowest BCUT2D eigenvalue weighted by atomic mass is 9.94. The van der Waals surface area contributed by atoms with E-state index >= 15 is 0 Å². The summed E-state index contributed by atoms with van der Waals surface area (Å²) in [6.45, 7) is 2.32. The molecular weight excluding hydrogens is 234 g/mol. The van der Waals surface area contributed by atoms with Crippen molar-refractivity contribution in [2.75, 3.05) is 13.1 Å². The predicted molar refractivity (Wildman–Crippen MR) is 77.9 cm³/mol. The molecule has 2 heterocycles. The Morgan fingerprint density at radius 1 is 1.32 bits per heavy atom. The molecule has 2 aromatic rings. The van der Waals surface area contributed by atoms with Crippen molar-refractivity contribution in [2.45, 2.75) is 19.3 Å². The van der Waals surface area contributed by atoms with Crippen LogP contribution in [-0.4, -0.2) is 22.9 Å². The van der Waals surface area contributed by atoms with E-state index in [-0.39, 0.29) is 0 Å². The van der Waals surface area contributed by atoms with Gasteiger partial charge in [-0.15, -0.1) is 0 Å². The first-order valence-electron chi connectivity index (χ1n) is 7.12. The number of piperidine rings is 1. The number of nitrogens with one attached hydrogen (secondary N) is 1. The smallest absolute Gasteiger partial charge is 0.0925 e. The minimum absolute atomic E-state index is 0.757. The lowest BCUT2D eigenvalue weighted by molar-refractivity contribution is 0.369. The lowest BCUT2D eigenvalue weighted by Gasteiger charge is -2.22. The van der Waals surface area contributed by atoms with Gasteiger partial charge in [-0.1, -0.05) is 30.3 Å². The van der Waals surface area contributed by atoms with Crippen LogP contribution in [0.2, 0.25) is 0 Å². The first-order chi connectivity index (χ1) is 9.33. The molecule has 100 valence electrons. The van der Waals surface area contributed by atoms with Crippen molar-refractivity contribution >= 4 is 0 Å². The van der Waals surface area contributed by atoms with Crippen LogP contribution >= 0.6 is 0 Å². The Morgan fingerprint density at radius 3 is 2.89 bits per heavy atom. The van der Waals surface area contributed by atoms with Crippen LogP contribution < -0.4 is 5.32 Å². The Morgan fingerprint density at radius 2 is 2.16 bits per heavy atom. The van der Waals surface area contributed by atoms with Crippen LogP contribution in [0.25, 0.3) is 11.3 Å². The third-order valence-electron chi connectivity index (χ3n) is 3.94. The van der Waals surface area contributed by atoms with Gasteiger partial charge in [0, 0.05) is 18.3 Å². The van der Waals surface area contributed by atoms with Gasteiger partial charge in [0.2, 0.25) is 0 Å². The number of nitrogens with zero attached hydrogens (tertiary/aromatic N) is 2. The SMILES string of the molecule is Cn1nc(-c2ccccc2)cc1CC1CCCNC1. The number of aryl methyl sites for hydroxylation is 1. The highest BCUT2D eigenvalue weighted by molar-refractivity contribution is 5.59. The third-order valence-corrected chi connectivity index (χ3v) is 3.94. The van der Waals surface area contributed by atoms with Gasteiger partial charge in [-0.25, -0.2) is 0 Å². The molecule has 1 saturated heterocycles. The monoisotopic (exact) mass is 255 g/mol. The second-order valence-electron chi connectivity index (χ2n) is 5.43. The summed E-state index contributed by atoms with van der Waals surface area (Å²) in [5, 5.41) is 8.13. The second kappa shape index (κ2) is 5.57. The normalized spacial score (nSPS) is 19.5. The van der Waals surface area contributed by atoms with Crippen molar-refractivity contribution in [1.82, 2.24) is 15.1 Å². The topological polar surface area (TPSA) is 29.9 Å². The fraction of sp³-hybridized carbons (Fsp3) is 0.438. The second-order valence-corrected chi connectivity index (χ2v) is 5.43. The number of rotatable bonds is 3. The maximum absolute atomic E-state index is 4.64. The number of hydrogen-bond acceptors (Lipinski definition) is 2. The summed E-state index contributed by atoms with van der Waals surface area (Å²) >= 11 is 0. The van der Waals surface area contributed by atoms with Crippen molar-refractivity contribution in [3.05, 3.63) is 42.1 Å². The van der Waals surface area contributed by atoms with Crippen LogP contribution in [0.4, 0.5) is 0 Å². The van der Waals surface area contributed by atoms with E-state index in [1.54, 1.807) is 0 Å². The third kappa shape index (κ3) is 2.87. The molecule has 0 spiro atoms. The largest absolute Gasteiger partial charge is 0.316 e. The molecule has 3 nitrogen and oxygen atoms in total. The quantitative estimate of drug-likeness (QED) is 0.913. The Balaban J connectivity index is 1.77. The molecule has 19 heavy (non-hydrogen) atoms. The first kappa shape index (κ1) is 12.4. The molecule has 1 fully saturated rings. The molecule has 1 aliphatic rings. The zero-order valence-corrected chi connectivity index (χ0v) is 11.5. The van der Waals surface area contributed by atoms with Gasteiger partial charge in [0.05, 0.1) is 5.69 Å². The van der Waals surface area contributed by atoms with E-state index in [9.17, 15) is 0 Å². The molecule has 1 unspecified atom stereocenters. The Labute approximate surface area is 114 Å². The minimum Gasteiger partial charge on any atom is -0.316 e. The summed E-state index contributed by atoms with van der Waals surface area (Å²) in [6, 6.07) is 12.6. The van der Waals surface area contributed by atoms with Crippen molar-refractivity contribution in [3.8, 4) is 11.3 Å². The van der Waals surface area contributed by atoms with Crippen LogP contribution in [0.15, 0.2) is 36.4 Å². The zero-order chi connectivity index (χ0) is 13.1. The van der Waals surface area contributed by atoms with E-state index in [2.05, 4.69) is 47.8 Å². The summed E-state index contributed by atoms with van der Waals surface area (Å²) < 4.78 is 2.04. The Bertz CT molecular complexity index is 524. The zero-order valence-electron chi connectivity index (χ0n) is 11.5. The fourth-order valence-corrected chi connectivity index (χ4v) is 2.84. The van der Waals surface area contributed by atoms with E-state index < -0.39 is 0 Å². The summed E-state index contributed by atoms with van der Waals surface area (Å²) in [4.78, 5) is 0. The van der Waals surface area contributed by atoms with Gasteiger partial charge in [0.1, 0.15) is 0 Å². The van der Waals surface area contributed by atoms with E-state index in [0.717, 1.165) is 24.6 Å². The standard InChI is InChI=1S/C16H21N3/c1-19-15(10-13-6-5-9-17-12-13)11-16(18-19)14-7-3-2-4-8-14/h2-4,7-8,11,13,17H,5-6,9-10,12H2,1H3. The van der Waals surface area contributed by atoms with Gasteiger partial charge in [-0.3, -0.25) is 4.68 Å². The van der Waals surface area contributed by atoms with Gasteiger partial charge in [-0.2, -0.15) is 5.10 Å². The van der Waals surface area contributed by atoms with Gasteiger partial charge < -0.3 is 5.32 Å². The molecular formula is C16H21N3. The van der Waals surface area contributed by atoms with Crippen molar-refractivity contribution in [2.24, 2.45) is 13.0 Å². The number of benzene rings is 1. The molecule has 0 aliphatic carbocycles. The van der Waals surface area contributed by atoms with Crippen LogP contribution in [0, 0.1) is 5.92 Å². The van der Waals surface area contributed by atoms with Crippen molar-refractivity contribution < 1.29 is 0 Å². The molecule has 0 saturated carbocycles. The average Bonchev–Trinajstić information content (AvgIpc) is 2.82. The van der Waals surface area contributed by atoms with E-state index in [0.29, 0.717) is 0 Å². The highest BCUT2D eigenvalue weighted by Gasteiger charge is 2.16. The molecule has 1 aliphatic heterocycles. The predicted octanol–water partition coefficient (Wildman–Crippen LogP) is 2.63. The number of aromatic nitrogens is 2. The summed E-state index contributed by atoms with van der Waals surface area (Å²) in [5.74, 6) is 0.757.